The lowest BCUT2D eigenvalue weighted by molar-refractivity contribution is -0.148. The molecule has 25 heavy (non-hydrogen) atoms. The maximum atomic E-state index is 11.1. The number of nitrogens with one attached hydrogen (secondary N) is 2. The second kappa shape index (κ2) is 7.54. The zero-order chi connectivity index (χ0) is 18.6. The van der Waals surface area contributed by atoms with E-state index in [1.54, 1.807) is 13.0 Å². The maximum Gasteiger partial charge on any atom is 0.319 e. The van der Waals surface area contributed by atoms with Crippen LogP contribution in [0.15, 0.2) is 17.1 Å². The van der Waals surface area contributed by atoms with Gasteiger partial charge in [0.2, 0.25) is 5.60 Å². The van der Waals surface area contributed by atoms with Gasteiger partial charge in [-0.25, -0.2) is 4.99 Å². The minimum Gasteiger partial charge on any atom is -0.462 e. The predicted molar refractivity (Wildman–Crippen MR) is 86.0 cm³/mol. The molecule has 1 aliphatic heterocycles. The molecular weight excluding hydrogens is 330 g/mol. The van der Waals surface area contributed by atoms with Gasteiger partial charge in [0.1, 0.15) is 37.3 Å². The molecule has 1 aliphatic rings. The summed E-state index contributed by atoms with van der Waals surface area (Å²) in [5.74, 6) is -0.694. The smallest absolute Gasteiger partial charge is 0.319 e. The zero-order valence-electron chi connectivity index (χ0n) is 13.5. The van der Waals surface area contributed by atoms with Gasteiger partial charge in [-0.1, -0.05) is 0 Å². The number of hydrogen-bond acceptors (Lipinski definition) is 8. The van der Waals surface area contributed by atoms with Crippen LogP contribution in [0.2, 0.25) is 0 Å². The molecule has 0 saturated carbocycles. The van der Waals surface area contributed by atoms with E-state index in [0.717, 1.165) is 6.34 Å². The monoisotopic (exact) mass is 349 g/mol. The summed E-state index contributed by atoms with van der Waals surface area (Å²) in [6, 6.07) is 5.01. The average Bonchev–Trinajstić information content (AvgIpc) is 3.19. The molecule has 0 amide bonds. The quantitative estimate of drug-likeness (QED) is 0.242. The van der Waals surface area contributed by atoms with Crippen LogP contribution in [0.4, 0.5) is 0 Å². The molecule has 1 aromatic heterocycles. The van der Waals surface area contributed by atoms with E-state index in [1.807, 2.05) is 6.07 Å². The van der Waals surface area contributed by atoms with Gasteiger partial charge in [0, 0.05) is 0 Å². The maximum absolute atomic E-state index is 11.1. The van der Waals surface area contributed by atoms with E-state index in [9.17, 15) is 20.3 Å². The summed E-state index contributed by atoms with van der Waals surface area (Å²) < 4.78 is 10.4. The lowest BCUT2D eigenvalue weighted by Crippen LogP contribution is -2.40. The van der Waals surface area contributed by atoms with E-state index >= 15 is 0 Å². The van der Waals surface area contributed by atoms with Crippen molar-refractivity contribution in [3.8, 4) is 6.07 Å². The Balaban J connectivity index is 2.28. The third-order valence-electron chi connectivity index (χ3n) is 3.93. The number of aromatic amines is 1. The molecule has 4 atom stereocenters. The normalized spacial score (nSPS) is 29.2. The van der Waals surface area contributed by atoms with Crippen molar-refractivity contribution in [2.75, 3.05) is 13.2 Å². The lowest BCUT2D eigenvalue weighted by Gasteiger charge is -2.23. The number of nitriles is 1. The average molecular weight is 349 g/mol. The highest BCUT2D eigenvalue weighted by molar-refractivity contribution is 6.00. The standard InChI is InChI=1S/C15H19N5O5/c1-8(19-7-18)9-2-3-11(20-9)15(6-17)14(23)13(22)10(25-15)5-24-12(21)4-16/h2-3,7,10,13-14,18,20,22-23H,4-5,16H2,1H3/t10?,13-,14-,15+/m1/s1. The van der Waals surface area contributed by atoms with Crippen LogP contribution in [-0.4, -0.2) is 64.7 Å². The molecule has 0 spiro atoms. The first-order valence-corrected chi connectivity index (χ1v) is 7.43. The Kier molecular flexibility index (Phi) is 5.66. The number of rotatable bonds is 6. The molecule has 6 N–H and O–H groups in total. The van der Waals surface area contributed by atoms with Crippen molar-refractivity contribution >= 4 is 18.0 Å². The second-order valence-electron chi connectivity index (χ2n) is 5.46. The number of aromatic nitrogens is 1. The molecule has 1 aromatic rings. The number of carbonyl (C=O) groups excluding carboxylic acids is 1. The summed E-state index contributed by atoms with van der Waals surface area (Å²) in [6.07, 6.45) is -3.21. The van der Waals surface area contributed by atoms with E-state index in [4.69, 9.17) is 20.6 Å². The summed E-state index contributed by atoms with van der Waals surface area (Å²) >= 11 is 0. The molecule has 1 unspecified atom stereocenters. The van der Waals surface area contributed by atoms with Gasteiger partial charge in [0.15, 0.2) is 0 Å². The first kappa shape index (κ1) is 18.8. The van der Waals surface area contributed by atoms with Gasteiger partial charge in [-0.05, 0) is 19.1 Å². The van der Waals surface area contributed by atoms with Crippen LogP contribution in [0.5, 0.6) is 0 Å². The van der Waals surface area contributed by atoms with Gasteiger partial charge < -0.3 is 30.4 Å². The minimum absolute atomic E-state index is 0.212. The third kappa shape index (κ3) is 3.45. The fourth-order valence-electron chi connectivity index (χ4n) is 2.55. The van der Waals surface area contributed by atoms with Crippen molar-refractivity contribution in [1.29, 1.82) is 10.7 Å². The van der Waals surface area contributed by atoms with Gasteiger partial charge in [-0.2, -0.15) is 5.26 Å². The zero-order valence-corrected chi connectivity index (χ0v) is 13.5. The molecule has 0 aromatic carbocycles. The molecule has 0 bridgehead atoms. The molecule has 0 radical (unpaired) electrons. The Hall–Kier alpha value is -2.58. The van der Waals surface area contributed by atoms with E-state index in [0.29, 0.717) is 11.4 Å². The number of aliphatic imine (C=N–C) groups is 1. The number of aliphatic hydroxyl groups excluding tert-OH is 2. The van der Waals surface area contributed by atoms with Crippen LogP contribution < -0.4 is 5.73 Å². The molecule has 2 rings (SSSR count). The van der Waals surface area contributed by atoms with E-state index in [1.165, 1.54) is 6.07 Å². The molecular formula is C15H19N5O5. The SMILES string of the molecule is CC(=NC=N)c1ccc([C@]2(C#N)OC(COC(=O)CN)[C@@H](O)[C@H]2O)[nH]1. The van der Waals surface area contributed by atoms with Gasteiger partial charge in [0.25, 0.3) is 0 Å². The van der Waals surface area contributed by atoms with Crippen LogP contribution in [0.1, 0.15) is 18.3 Å². The van der Waals surface area contributed by atoms with Crippen LogP contribution >= 0.6 is 0 Å². The van der Waals surface area contributed by atoms with E-state index < -0.39 is 29.9 Å². The largest absolute Gasteiger partial charge is 0.462 e. The van der Waals surface area contributed by atoms with Gasteiger partial charge in [-0.15, -0.1) is 0 Å². The number of carbonyl (C=O) groups is 1. The van der Waals surface area contributed by atoms with E-state index in [-0.39, 0.29) is 18.8 Å². The van der Waals surface area contributed by atoms with Crippen LogP contribution in [0.3, 0.4) is 0 Å². The number of aliphatic hydroxyl groups is 2. The van der Waals surface area contributed by atoms with Crippen molar-refractivity contribution in [3.05, 3.63) is 23.5 Å². The summed E-state index contributed by atoms with van der Waals surface area (Å²) in [5.41, 5.74) is 4.51. The Labute approximate surface area is 143 Å². The minimum atomic E-state index is -1.86. The molecule has 1 fully saturated rings. The fourth-order valence-corrected chi connectivity index (χ4v) is 2.55. The van der Waals surface area contributed by atoms with Crippen molar-refractivity contribution in [2.24, 2.45) is 10.7 Å². The topological polar surface area (TPSA) is 178 Å². The number of ether oxygens (including phenoxy) is 2. The Bertz CT molecular complexity index is 724. The van der Waals surface area contributed by atoms with Crippen LogP contribution in [-0.2, 0) is 19.9 Å². The summed E-state index contributed by atoms with van der Waals surface area (Å²) in [6.45, 7) is 0.982. The summed E-state index contributed by atoms with van der Waals surface area (Å²) in [4.78, 5) is 17.9. The van der Waals surface area contributed by atoms with Gasteiger partial charge in [0.05, 0.1) is 23.6 Å². The van der Waals surface area contributed by atoms with Gasteiger partial charge in [-0.3, -0.25) is 10.2 Å². The molecule has 10 heteroatoms. The Morgan fingerprint density at radius 2 is 2.36 bits per heavy atom. The third-order valence-corrected chi connectivity index (χ3v) is 3.93. The number of nitrogens with two attached hydrogens (primary N) is 1. The number of hydrogen-bond donors (Lipinski definition) is 5. The lowest BCUT2D eigenvalue weighted by atomic mass is 9.93. The van der Waals surface area contributed by atoms with Crippen molar-refractivity contribution in [2.45, 2.75) is 30.8 Å². The van der Waals surface area contributed by atoms with Gasteiger partial charge >= 0.3 is 5.97 Å². The first-order chi connectivity index (χ1) is 11.9. The highest BCUT2D eigenvalue weighted by Crippen LogP contribution is 2.39. The van der Waals surface area contributed by atoms with Crippen LogP contribution in [0.25, 0.3) is 0 Å². The summed E-state index contributed by atoms with van der Waals surface area (Å²) in [7, 11) is 0. The molecule has 134 valence electrons. The van der Waals surface area contributed by atoms with E-state index in [2.05, 4.69) is 9.98 Å². The molecule has 10 nitrogen and oxygen atoms in total. The Morgan fingerprint density at radius 3 is 2.96 bits per heavy atom. The van der Waals surface area contributed by atoms with Crippen LogP contribution in [0, 0.1) is 16.7 Å². The van der Waals surface area contributed by atoms with Crippen molar-refractivity contribution in [1.82, 2.24) is 4.98 Å². The summed E-state index contributed by atoms with van der Waals surface area (Å²) in [5, 5.41) is 37.1. The first-order valence-electron chi connectivity index (χ1n) is 7.43. The Morgan fingerprint density at radius 1 is 1.64 bits per heavy atom. The number of H-pyrrole nitrogens is 1. The highest BCUT2D eigenvalue weighted by atomic mass is 16.6. The van der Waals surface area contributed by atoms with Crippen molar-refractivity contribution in [3.63, 3.8) is 0 Å². The molecule has 0 aliphatic carbocycles. The molecule has 1 saturated heterocycles. The fraction of sp³-hybridized carbons (Fsp3) is 0.467. The molecule has 2 heterocycles. The highest BCUT2D eigenvalue weighted by Gasteiger charge is 2.57. The number of esters is 1. The number of nitrogens with zero attached hydrogens (tertiary/aromatic N) is 2. The second-order valence-corrected chi connectivity index (χ2v) is 5.46. The van der Waals surface area contributed by atoms with Crippen molar-refractivity contribution < 1.29 is 24.5 Å². The predicted octanol–water partition coefficient (Wildman–Crippen LogP) is -1.23.